The van der Waals surface area contributed by atoms with Crippen LogP contribution in [0.1, 0.15) is 22.5 Å². The number of urea groups is 1. The third kappa shape index (κ3) is 7.94. The lowest BCUT2D eigenvalue weighted by atomic mass is 10.1. The van der Waals surface area contributed by atoms with Crippen LogP contribution < -0.4 is 15.4 Å². The number of thioether (sulfide) groups is 1. The number of nitro benzene ring substituents is 1. The lowest BCUT2D eigenvalue weighted by molar-refractivity contribution is -0.384. The van der Waals surface area contributed by atoms with E-state index in [1.54, 1.807) is 12.1 Å². The van der Waals surface area contributed by atoms with Crippen molar-refractivity contribution in [1.29, 1.82) is 0 Å². The number of halogens is 6. The van der Waals surface area contributed by atoms with E-state index in [4.69, 9.17) is 4.74 Å². The maximum atomic E-state index is 13.2. The number of carbonyl (C=O) groups is 1. The molecule has 2 amide bonds. The summed E-state index contributed by atoms with van der Waals surface area (Å²) in [6.07, 6.45) is -10.2. The molecule has 1 aromatic heterocycles. The molecule has 0 radical (unpaired) electrons. The first-order chi connectivity index (χ1) is 20.2. The summed E-state index contributed by atoms with van der Waals surface area (Å²) in [7, 11) is 1.52. The van der Waals surface area contributed by atoms with Crippen molar-refractivity contribution >= 4 is 29.2 Å². The first-order valence-electron chi connectivity index (χ1n) is 12.0. The van der Waals surface area contributed by atoms with Crippen molar-refractivity contribution in [2.45, 2.75) is 29.8 Å². The molecule has 0 saturated carbocycles. The Bertz CT molecular complexity index is 1590. The molecular formula is C26H20F6N6O4S. The van der Waals surface area contributed by atoms with Gasteiger partial charge in [-0.2, -0.15) is 26.3 Å². The van der Waals surface area contributed by atoms with Gasteiger partial charge in [0.2, 0.25) is 0 Å². The van der Waals surface area contributed by atoms with Crippen molar-refractivity contribution < 1.29 is 40.8 Å². The van der Waals surface area contributed by atoms with Gasteiger partial charge in [0.1, 0.15) is 5.75 Å². The Hall–Kier alpha value is -4.80. The summed E-state index contributed by atoms with van der Waals surface area (Å²) in [4.78, 5) is 23.0. The van der Waals surface area contributed by atoms with Crippen LogP contribution in [0, 0.1) is 10.1 Å². The van der Waals surface area contributed by atoms with E-state index in [2.05, 4.69) is 15.5 Å². The van der Waals surface area contributed by atoms with Crippen molar-refractivity contribution in [3.8, 4) is 11.4 Å². The fraction of sp³-hybridized carbons (Fsp3) is 0.192. The van der Waals surface area contributed by atoms with Gasteiger partial charge in [0, 0.05) is 29.3 Å². The summed E-state index contributed by atoms with van der Waals surface area (Å²) in [6, 6.07) is 12.2. The zero-order valence-corrected chi connectivity index (χ0v) is 22.7. The Morgan fingerprint density at radius 3 is 2.21 bits per heavy atom. The molecule has 3 aromatic carbocycles. The summed E-state index contributed by atoms with van der Waals surface area (Å²) < 4.78 is 85.7. The zero-order valence-electron chi connectivity index (χ0n) is 21.9. The average Bonchev–Trinajstić information content (AvgIpc) is 3.36. The van der Waals surface area contributed by atoms with E-state index in [0.717, 1.165) is 5.56 Å². The number of rotatable bonds is 9. The SMILES string of the molecule is COc1cccc(CSc2nnc(CNC(=O)Nc3cc(C(F)(F)F)cc(C(F)(F)F)c3)n2-c2ccc([N+](=O)[O-])cc2)c1. The Morgan fingerprint density at radius 1 is 0.977 bits per heavy atom. The Balaban J connectivity index is 1.56. The molecule has 0 unspecified atom stereocenters. The minimum atomic E-state index is -5.09. The van der Waals surface area contributed by atoms with E-state index in [1.165, 1.54) is 47.7 Å². The number of ether oxygens (including phenoxy) is 1. The Morgan fingerprint density at radius 2 is 1.63 bits per heavy atom. The number of amides is 2. The predicted octanol–water partition coefficient (Wildman–Crippen LogP) is 6.84. The standard InChI is InChI=1S/C26H20F6N6O4S/c1-42-21-4-2-3-15(9-21)14-43-24-36-35-22(37(24)19-5-7-20(8-6-19)38(40)41)13-33-23(39)34-18-11-16(25(27,28)29)10-17(12-18)26(30,31)32/h2-12H,13-14H2,1H3,(H2,33,34,39). The molecular weight excluding hydrogens is 606 g/mol. The second kappa shape index (κ2) is 12.6. The molecule has 226 valence electrons. The molecule has 10 nitrogen and oxygen atoms in total. The van der Waals surface area contributed by atoms with Crippen LogP contribution in [0.25, 0.3) is 5.69 Å². The van der Waals surface area contributed by atoms with E-state index >= 15 is 0 Å². The number of hydrogen-bond acceptors (Lipinski definition) is 7. The zero-order chi connectivity index (χ0) is 31.4. The second-order valence-electron chi connectivity index (χ2n) is 8.75. The van der Waals surface area contributed by atoms with Crippen LogP contribution in [-0.2, 0) is 24.7 Å². The predicted molar refractivity (Wildman–Crippen MR) is 143 cm³/mol. The highest BCUT2D eigenvalue weighted by Crippen LogP contribution is 2.37. The van der Waals surface area contributed by atoms with Gasteiger partial charge < -0.3 is 15.4 Å². The van der Waals surface area contributed by atoms with Gasteiger partial charge in [0.25, 0.3) is 5.69 Å². The summed E-state index contributed by atoms with van der Waals surface area (Å²) in [5.41, 5.74) is -2.82. The molecule has 0 aliphatic carbocycles. The van der Waals surface area contributed by atoms with E-state index in [0.29, 0.717) is 34.5 Å². The molecule has 4 aromatic rings. The van der Waals surface area contributed by atoms with Crippen molar-refractivity contribution in [3.05, 3.63) is 99.4 Å². The average molecular weight is 627 g/mol. The molecule has 0 spiro atoms. The lowest BCUT2D eigenvalue weighted by Gasteiger charge is -2.15. The maximum absolute atomic E-state index is 13.2. The van der Waals surface area contributed by atoms with Gasteiger partial charge in [0.15, 0.2) is 11.0 Å². The highest BCUT2D eigenvalue weighted by molar-refractivity contribution is 7.98. The smallest absolute Gasteiger partial charge is 0.416 e. The van der Waals surface area contributed by atoms with E-state index < -0.39 is 40.1 Å². The number of alkyl halides is 6. The highest BCUT2D eigenvalue weighted by Gasteiger charge is 2.37. The van der Waals surface area contributed by atoms with Crippen LogP contribution in [-0.4, -0.2) is 32.8 Å². The number of anilines is 1. The monoisotopic (exact) mass is 626 g/mol. The van der Waals surface area contributed by atoms with Crippen LogP contribution in [0.15, 0.2) is 71.9 Å². The number of non-ortho nitro benzene ring substituents is 1. The molecule has 0 fully saturated rings. The van der Waals surface area contributed by atoms with Gasteiger partial charge in [0.05, 0.1) is 29.7 Å². The molecule has 0 bridgehead atoms. The number of nitrogens with one attached hydrogen (secondary N) is 2. The van der Waals surface area contributed by atoms with Gasteiger partial charge in [-0.1, -0.05) is 23.9 Å². The van der Waals surface area contributed by atoms with E-state index in [9.17, 15) is 41.3 Å². The number of benzene rings is 3. The van der Waals surface area contributed by atoms with Crippen molar-refractivity contribution in [3.63, 3.8) is 0 Å². The quantitative estimate of drug-likeness (QED) is 0.0903. The normalized spacial score (nSPS) is 11.7. The number of hydrogen-bond donors (Lipinski definition) is 2. The third-order valence-corrected chi connectivity index (χ3v) is 6.77. The van der Waals surface area contributed by atoms with Crippen molar-refractivity contribution in [2.24, 2.45) is 0 Å². The van der Waals surface area contributed by atoms with Crippen LogP contribution in [0.4, 0.5) is 42.5 Å². The largest absolute Gasteiger partial charge is 0.497 e. The van der Waals surface area contributed by atoms with Gasteiger partial charge >= 0.3 is 18.4 Å². The molecule has 1 heterocycles. The Labute approximate surface area is 243 Å². The summed E-state index contributed by atoms with van der Waals surface area (Å²) in [6.45, 7) is -0.360. The molecule has 4 rings (SSSR count). The molecule has 0 saturated heterocycles. The molecule has 0 aliphatic heterocycles. The summed E-state index contributed by atoms with van der Waals surface area (Å²) >= 11 is 1.25. The number of nitrogens with zero attached hydrogens (tertiary/aromatic N) is 4. The van der Waals surface area contributed by atoms with Gasteiger partial charge in [-0.3, -0.25) is 14.7 Å². The van der Waals surface area contributed by atoms with Crippen molar-refractivity contribution in [2.75, 3.05) is 12.4 Å². The van der Waals surface area contributed by atoms with Crippen LogP contribution >= 0.6 is 11.8 Å². The summed E-state index contributed by atoms with van der Waals surface area (Å²) in [5.74, 6) is 1.17. The number of nitro groups is 1. The van der Waals surface area contributed by atoms with Crippen LogP contribution in [0.5, 0.6) is 5.75 Å². The van der Waals surface area contributed by atoms with E-state index in [-0.39, 0.29) is 24.1 Å². The van der Waals surface area contributed by atoms with Crippen LogP contribution in [0.2, 0.25) is 0 Å². The maximum Gasteiger partial charge on any atom is 0.416 e. The molecule has 0 atom stereocenters. The minimum absolute atomic E-state index is 0.0551. The van der Waals surface area contributed by atoms with Gasteiger partial charge in [-0.25, -0.2) is 4.79 Å². The topological polar surface area (TPSA) is 124 Å². The fourth-order valence-corrected chi connectivity index (χ4v) is 4.68. The molecule has 2 N–H and O–H groups in total. The summed E-state index contributed by atoms with van der Waals surface area (Å²) in [5, 5.41) is 24.0. The molecule has 43 heavy (non-hydrogen) atoms. The lowest BCUT2D eigenvalue weighted by Crippen LogP contribution is -2.29. The van der Waals surface area contributed by atoms with Crippen LogP contribution in [0.3, 0.4) is 0 Å². The first kappa shape index (κ1) is 31.1. The third-order valence-electron chi connectivity index (χ3n) is 5.77. The number of methoxy groups -OCH3 is 1. The Kier molecular flexibility index (Phi) is 9.13. The van der Waals surface area contributed by atoms with E-state index in [1.807, 2.05) is 17.4 Å². The molecule has 0 aliphatic rings. The van der Waals surface area contributed by atoms with Gasteiger partial charge in [-0.05, 0) is 48.0 Å². The fourth-order valence-electron chi connectivity index (χ4n) is 3.76. The molecule has 17 heteroatoms. The van der Waals surface area contributed by atoms with Gasteiger partial charge in [-0.15, -0.1) is 10.2 Å². The minimum Gasteiger partial charge on any atom is -0.497 e. The number of aromatic nitrogens is 3. The highest BCUT2D eigenvalue weighted by atomic mass is 32.2. The number of carbonyl (C=O) groups excluding carboxylic acids is 1. The first-order valence-corrected chi connectivity index (χ1v) is 13.0. The second-order valence-corrected chi connectivity index (χ2v) is 9.69. The van der Waals surface area contributed by atoms with Crippen molar-refractivity contribution in [1.82, 2.24) is 20.1 Å².